The number of methoxy groups -OCH3 is 1. The van der Waals surface area contributed by atoms with Gasteiger partial charge in [-0.25, -0.2) is 9.18 Å². The Bertz CT molecular complexity index is 418. The molecular formula is C10H6ClFO2. The van der Waals surface area contributed by atoms with Gasteiger partial charge in [-0.05, 0) is 18.2 Å². The van der Waals surface area contributed by atoms with Crippen molar-refractivity contribution >= 4 is 17.6 Å². The Kier molecular flexibility index (Phi) is 3.49. The molecule has 0 atom stereocenters. The third kappa shape index (κ3) is 2.75. The van der Waals surface area contributed by atoms with Crippen LogP contribution in [-0.2, 0) is 9.53 Å². The Morgan fingerprint density at radius 3 is 2.86 bits per heavy atom. The van der Waals surface area contributed by atoms with Crippen LogP contribution in [-0.4, -0.2) is 13.1 Å². The average Bonchev–Trinajstić information content (AvgIpc) is 2.19. The SMILES string of the molecule is COC(=O)C#Cc1ccc(Cl)c(F)c1. The van der Waals surface area contributed by atoms with Crippen molar-refractivity contribution in [2.45, 2.75) is 0 Å². The van der Waals surface area contributed by atoms with Gasteiger partial charge in [0, 0.05) is 11.5 Å². The Hall–Kier alpha value is -1.53. The third-order valence-electron chi connectivity index (χ3n) is 1.41. The van der Waals surface area contributed by atoms with Crippen LogP contribution >= 0.6 is 11.6 Å². The monoisotopic (exact) mass is 212 g/mol. The van der Waals surface area contributed by atoms with Crippen LogP contribution in [0.4, 0.5) is 4.39 Å². The quantitative estimate of drug-likeness (QED) is 0.486. The highest BCUT2D eigenvalue weighted by Crippen LogP contribution is 2.14. The molecule has 72 valence electrons. The van der Waals surface area contributed by atoms with Gasteiger partial charge in [0.05, 0.1) is 12.1 Å². The third-order valence-corrected chi connectivity index (χ3v) is 1.72. The van der Waals surface area contributed by atoms with Crippen molar-refractivity contribution in [1.82, 2.24) is 0 Å². The molecule has 0 fully saturated rings. The molecule has 0 spiro atoms. The van der Waals surface area contributed by atoms with Crippen LogP contribution in [0.15, 0.2) is 18.2 Å². The highest BCUT2D eigenvalue weighted by atomic mass is 35.5. The Morgan fingerprint density at radius 2 is 2.29 bits per heavy atom. The van der Waals surface area contributed by atoms with E-state index in [1.165, 1.54) is 19.2 Å². The predicted octanol–water partition coefficient (Wildman–Crippen LogP) is 2.00. The summed E-state index contributed by atoms with van der Waals surface area (Å²) in [5, 5.41) is 0.0219. The average molecular weight is 213 g/mol. The first-order chi connectivity index (χ1) is 6.63. The first-order valence-corrected chi connectivity index (χ1v) is 4.06. The molecular weight excluding hydrogens is 207 g/mol. The zero-order chi connectivity index (χ0) is 10.6. The fourth-order valence-electron chi connectivity index (χ4n) is 0.748. The van der Waals surface area contributed by atoms with Crippen LogP contribution in [0.25, 0.3) is 0 Å². The van der Waals surface area contributed by atoms with E-state index in [-0.39, 0.29) is 5.02 Å². The van der Waals surface area contributed by atoms with Gasteiger partial charge in [0.1, 0.15) is 5.82 Å². The minimum Gasteiger partial charge on any atom is -0.459 e. The standard InChI is InChI=1S/C10H6ClFO2/c1-14-10(13)5-3-7-2-4-8(11)9(12)6-7/h2,4,6H,1H3. The Labute approximate surface area is 85.6 Å². The van der Waals surface area contributed by atoms with Crippen molar-refractivity contribution in [2.75, 3.05) is 7.11 Å². The summed E-state index contributed by atoms with van der Waals surface area (Å²) in [6.45, 7) is 0. The van der Waals surface area contributed by atoms with Gasteiger partial charge in [0.2, 0.25) is 0 Å². The summed E-state index contributed by atoms with van der Waals surface area (Å²) < 4.78 is 17.2. The molecule has 0 saturated carbocycles. The van der Waals surface area contributed by atoms with E-state index < -0.39 is 11.8 Å². The maximum Gasteiger partial charge on any atom is 0.384 e. The fourth-order valence-corrected chi connectivity index (χ4v) is 0.866. The highest BCUT2D eigenvalue weighted by molar-refractivity contribution is 6.30. The van der Waals surface area contributed by atoms with Gasteiger partial charge in [-0.1, -0.05) is 17.5 Å². The lowest BCUT2D eigenvalue weighted by Gasteiger charge is -1.93. The van der Waals surface area contributed by atoms with E-state index in [2.05, 4.69) is 16.6 Å². The number of carbonyl (C=O) groups is 1. The maximum atomic E-state index is 12.9. The number of esters is 1. The summed E-state index contributed by atoms with van der Waals surface area (Å²) in [6, 6.07) is 4.04. The van der Waals surface area contributed by atoms with E-state index in [0.29, 0.717) is 5.56 Å². The van der Waals surface area contributed by atoms with Gasteiger partial charge in [0.15, 0.2) is 0 Å². The molecule has 0 N–H and O–H groups in total. The molecule has 1 rings (SSSR count). The molecule has 14 heavy (non-hydrogen) atoms. The second kappa shape index (κ2) is 4.64. The summed E-state index contributed by atoms with van der Waals surface area (Å²) in [4.78, 5) is 10.6. The summed E-state index contributed by atoms with van der Waals surface area (Å²) in [6.07, 6.45) is 0. The van der Waals surface area contributed by atoms with Crippen molar-refractivity contribution in [1.29, 1.82) is 0 Å². The van der Waals surface area contributed by atoms with Gasteiger partial charge in [-0.2, -0.15) is 0 Å². The minimum atomic E-state index is -0.666. The smallest absolute Gasteiger partial charge is 0.384 e. The molecule has 0 unspecified atom stereocenters. The van der Waals surface area contributed by atoms with Crippen LogP contribution < -0.4 is 0 Å². The molecule has 1 aromatic carbocycles. The van der Waals surface area contributed by atoms with Crippen molar-refractivity contribution in [3.63, 3.8) is 0 Å². The lowest BCUT2D eigenvalue weighted by atomic mass is 10.2. The van der Waals surface area contributed by atoms with E-state index in [9.17, 15) is 9.18 Å². The molecule has 0 amide bonds. The molecule has 2 nitrogen and oxygen atoms in total. The number of rotatable bonds is 0. The van der Waals surface area contributed by atoms with Crippen LogP contribution in [0, 0.1) is 17.7 Å². The van der Waals surface area contributed by atoms with Gasteiger partial charge in [-0.15, -0.1) is 0 Å². The van der Waals surface area contributed by atoms with Crippen molar-refractivity contribution in [3.8, 4) is 11.8 Å². The topological polar surface area (TPSA) is 26.3 Å². The number of hydrogen-bond donors (Lipinski definition) is 0. The lowest BCUT2D eigenvalue weighted by molar-refractivity contribution is -0.133. The summed E-state index contributed by atoms with van der Waals surface area (Å²) >= 11 is 5.46. The summed E-state index contributed by atoms with van der Waals surface area (Å²) in [5.74, 6) is 3.38. The van der Waals surface area contributed by atoms with Crippen molar-refractivity contribution in [2.24, 2.45) is 0 Å². The number of halogens is 2. The molecule has 0 aliphatic heterocycles. The highest BCUT2D eigenvalue weighted by Gasteiger charge is 1.98. The van der Waals surface area contributed by atoms with Crippen LogP contribution in [0.5, 0.6) is 0 Å². The minimum absolute atomic E-state index is 0.0219. The normalized spacial score (nSPS) is 8.79. The zero-order valence-electron chi connectivity index (χ0n) is 7.30. The van der Waals surface area contributed by atoms with Gasteiger partial charge >= 0.3 is 5.97 Å². The Morgan fingerprint density at radius 1 is 1.57 bits per heavy atom. The van der Waals surface area contributed by atoms with E-state index in [4.69, 9.17) is 11.6 Å². The first-order valence-electron chi connectivity index (χ1n) is 3.68. The summed E-state index contributed by atoms with van der Waals surface area (Å²) in [7, 11) is 1.22. The van der Waals surface area contributed by atoms with Crippen LogP contribution in [0.3, 0.4) is 0 Å². The first kappa shape index (κ1) is 10.6. The van der Waals surface area contributed by atoms with Crippen LogP contribution in [0.1, 0.15) is 5.56 Å². The predicted molar refractivity (Wildman–Crippen MR) is 50.3 cm³/mol. The van der Waals surface area contributed by atoms with Gasteiger partial charge in [-0.3, -0.25) is 0 Å². The number of hydrogen-bond acceptors (Lipinski definition) is 2. The molecule has 0 bridgehead atoms. The molecule has 0 radical (unpaired) electrons. The molecule has 0 aliphatic carbocycles. The molecule has 0 aliphatic rings. The largest absolute Gasteiger partial charge is 0.459 e. The Balaban J connectivity index is 2.91. The van der Waals surface area contributed by atoms with E-state index in [1.54, 1.807) is 0 Å². The second-order valence-corrected chi connectivity index (χ2v) is 2.78. The van der Waals surface area contributed by atoms with E-state index in [1.807, 2.05) is 0 Å². The number of benzene rings is 1. The molecule has 0 saturated heterocycles. The lowest BCUT2D eigenvalue weighted by Crippen LogP contribution is -1.94. The summed E-state index contributed by atoms with van der Waals surface area (Å²) in [5.41, 5.74) is 0.373. The van der Waals surface area contributed by atoms with E-state index >= 15 is 0 Å². The van der Waals surface area contributed by atoms with Gasteiger partial charge in [0.25, 0.3) is 0 Å². The molecule has 0 aromatic heterocycles. The number of ether oxygens (including phenoxy) is 1. The fraction of sp³-hybridized carbons (Fsp3) is 0.100. The van der Waals surface area contributed by atoms with Crippen LogP contribution in [0.2, 0.25) is 5.02 Å². The van der Waals surface area contributed by atoms with E-state index in [0.717, 1.165) is 6.07 Å². The van der Waals surface area contributed by atoms with Gasteiger partial charge < -0.3 is 4.74 Å². The number of carbonyl (C=O) groups excluding carboxylic acids is 1. The van der Waals surface area contributed by atoms with Crippen molar-refractivity contribution < 1.29 is 13.9 Å². The molecule has 1 aromatic rings. The zero-order valence-corrected chi connectivity index (χ0v) is 8.06. The molecule has 0 heterocycles. The maximum absolute atomic E-state index is 12.9. The second-order valence-electron chi connectivity index (χ2n) is 2.37. The van der Waals surface area contributed by atoms with Crippen molar-refractivity contribution in [3.05, 3.63) is 34.6 Å². The molecule has 4 heteroatoms.